The minimum atomic E-state index is -0.529. The molecule has 1 aliphatic heterocycles. The average Bonchev–Trinajstić information content (AvgIpc) is 2.48. The van der Waals surface area contributed by atoms with Gasteiger partial charge in [0.15, 0.2) is 0 Å². The van der Waals surface area contributed by atoms with Crippen LogP contribution in [0, 0.1) is 5.41 Å². The molecule has 5 heteroatoms. The average molecular weight is 271 g/mol. The van der Waals surface area contributed by atoms with Crippen molar-refractivity contribution in [2.45, 2.75) is 50.7 Å². The van der Waals surface area contributed by atoms with Crippen molar-refractivity contribution in [1.29, 1.82) is 0 Å². The summed E-state index contributed by atoms with van der Waals surface area (Å²) in [6, 6.07) is 0. The van der Waals surface area contributed by atoms with E-state index in [0.29, 0.717) is 32.6 Å². The second-order valence-corrected chi connectivity index (χ2v) is 5.65. The van der Waals surface area contributed by atoms with E-state index in [0.717, 1.165) is 25.7 Å². The van der Waals surface area contributed by atoms with Gasteiger partial charge in [0.25, 0.3) is 0 Å². The molecule has 2 fully saturated rings. The van der Waals surface area contributed by atoms with E-state index in [4.69, 9.17) is 19.9 Å². The van der Waals surface area contributed by atoms with Gasteiger partial charge >= 0.3 is 5.97 Å². The lowest BCUT2D eigenvalue weighted by atomic mass is 9.80. The molecule has 2 atom stereocenters. The molecule has 1 heterocycles. The zero-order chi connectivity index (χ0) is 13.7. The van der Waals surface area contributed by atoms with Crippen molar-refractivity contribution < 1.29 is 19.0 Å². The molecule has 1 aliphatic carbocycles. The Bertz CT molecular complexity index is 302. The van der Waals surface area contributed by atoms with Gasteiger partial charge in [0.05, 0.1) is 11.5 Å². The molecule has 0 aromatic heterocycles. The Morgan fingerprint density at radius 1 is 1.32 bits per heavy atom. The van der Waals surface area contributed by atoms with E-state index in [-0.39, 0.29) is 18.2 Å². The summed E-state index contributed by atoms with van der Waals surface area (Å²) in [5.41, 5.74) is 5.29. The molecule has 0 aromatic carbocycles. The molecule has 1 saturated heterocycles. The molecule has 2 N–H and O–H groups in total. The van der Waals surface area contributed by atoms with Crippen molar-refractivity contribution in [2.24, 2.45) is 11.1 Å². The van der Waals surface area contributed by atoms with Gasteiger partial charge in [-0.2, -0.15) is 0 Å². The third-order valence-electron chi connectivity index (χ3n) is 4.46. The van der Waals surface area contributed by atoms with E-state index in [1.807, 2.05) is 0 Å². The van der Waals surface area contributed by atoms with Gasteiger partial charge in [-0.25, -0.2) is 0 Å². The summed E-state index contributed by atoms with van der Waals surface area (Å²) in [5.74, 6) is -0.139. The standard InChI is InChI=1S/C14H25NO4/c1-17-11-3-2-4-12(9-11)19-13(16)14(10-15)5-7-18-8-6-14/h11-12H,2-10,15H2,1H3. The summed E-state index contributed by atoms with van der Waals surface area (Å²) < 4.78 is 16.4. The molecular formula is C14H25NO4. The largest absolute Gasteiger partial charge is 0.462 e. The van der Waals surface area contributed by atoms with Crippen LogP contribution in [0.3, 0.4) is 0 Å². The van der Waals surface area contributed by atoms with Crippen LogP contribution in [0.2, 0.25) is 0 Å². The van der Waals surface area contributed by atoms with E-state index in [1.54, 1.807) is 7.11 Å². The van der Waals surface area contributed by atoms with Gasteiger partial charge in [-0.3, -0.25) is 4.79 Å². The smallest absolute Gasteiger partial charge is 0.313 e. The SMILES string of the molecule is COC1CCCC(OC(=O)C2(CN)CCOCC2)C1. The molecular weight excluding hydrogens is 246 g/mol. The molecule has 110 valence electrons. The van der Waals surface area contributed by atoms with E-state index in [2.05, 4.69) is 0 Å². The highest BCUT2D eigenvalue weighted by Crippen LogP contribution is 2.33. The molecule has 0 amide bonds. The van der Waals surface area contributed by atoms with Gasteiger partial charge in [-0.15, -0.1) is 0 Å². The third kappa shape index (κ3) is 3.46. The molecule has 2 rings (SSSR count). The summed E-state index contributed by atoms with van der Waals surface area (Å²) in [6.07, 6.45) is 5.39. The molecule has 1 saturated carbocycles. The lowest BCUT2D eigenvalue weighted by Crippen LogP contribution is -2.46. The predicted molar refractivity (Wildman–Crippen MR) is 70.7 cm³/mol. The predicted octanol–water partition coefficient (Wildman–Crippen LogP) is 1.24. The molecule has 0 radical (unpaired) electrons. The Hall–Kier alpha value is -0.650. The Balaban J connectivity index is 1.91. The monoisotopic (exact) mass is 271 g/mol. The second-order valence-electron chi connectivity index (χ2n) is 5.65. The fourth-order valence-electron chi connectivity index (χ4n) is 2.95. The van der Waals surface area contributed by atoms with Crippen molar-refractivity contribution in [1.82, 2.24) is 0 Å². The molecule has 5 nitrogen and oxygen atoms in total. The molecule has 0 spiro atoms. The van der Waals surface area contributed by atoms with Gasteiger partial charge in [-0.05, 0) is 32.1 Å². The van der Waals surface area contributed by atoms with Crippen molar-refractivity contribution >= 4 is 5.97 Å². The normalized spacial score (nSPS) is 30.8. The van der Waals surface area contributed by atoms with Crippen LogP contribution in [0.5, 0.6) is 0 Å². The number of esters is 1. The quantitative estimate of drug-likeness (QED) is 0.779. The van der Waals surface area contributed by atoms with E-state index in [9.17, 15) is 4.79 Å². The topological polar surface area (TPSA) is 70.8 Å². The number of nitrogens with two attached hydrogens (primary N) is 1. The molecule has 2 unspecified atom stereocenters. The summed E-state index contributed by atoms with van der Waals surface area (Å²) >= 11 is 0. The highest BCUT2D eigenvalue weighted by atomic mass is 16.5. The molecule has 19 heavy (non-hydrogen) atoms. The first-order valence-electron chi connectivity index (χ1n) is 7.22. The summed E-state index contributed by atoms with van der Waals surface area (Å²) in [4.78, 5) is 12.4. The Morgan fingerprint density at radius 2 is 2.00 bits per heavy atom. The van der Waals surface area contributed by atoms with E-state index < -0.39 is 5.41 Å². The van der Waals surface area contributed by atoms with Crippen molar-refractivity contribution in [3.8, 4) is 0 Å². The minimum Gasteiger partial charge on any atom is -0.462 e. The maximum atomic E-state index is 12.4. The molecule has 2 aliphatic rings. The molecule has 0 aromatic rings. The van der Waals surface area contributed by atoms with Crippen LogP contribution in [0.25, 0.3) is 0 Å². The third-order valence-corrected chi connectivity index (χ3v) is 4.46. The lowest BCUT2D eigenvalue weighted by molar-refractivity contribution is -0.170. The number of carbonyl (C=O) groups is 1. The maximum absolute atomic E-state index is 12.4. The number of hydrogen-bond acceptors (Lipinski definition) is 5. The first-order valence-corrected chi connectivity index (χ1v) is 7.22. The van der Waals surface area contributed by atoms with E-state index >= 15 is 0 Å². The Morgan fingerprint density at radius 3 is 2.63 bits per heavy atom. The van der Waals surface area contributed by atoms with Gasteiger partial charge < -0.3 is 19.9 Å². The van der Waals surface area contributed by atoms with Crippen molar-refractivity contribution in [3.05, 3.63) is 0 Å². The lowest BCUT2D eigenvalue weighted by Gasteiger charge is -2.36. The Labute approximate surface area is 114 Å². The maximum Gasteiger partial charge on any atom is 0.313 e. The van der Waals surface area contributed by atoms with Crippen LogP contribution in [-0.2, 0) is 19.0 Å². The van der Waals surface area contributed by atoms with E-state index in [1.165, 1.54) is 0 Å². The highest BCUT2D eigenvalue weighted by Gasteiger charge is 2.41. The first-order chi connectivity index (χ1) is 9.20. The number of hydrogen-bond donors (Lipinski definition) is 1. The highest BCUT2D eigenvalue weighted by molar-refractivity contribution is 5.77. The first kappa shape index (κ1) is 14.8. The summed E-state index contributed by atoms with van der Waals surface area (Å²) in [5, 5.41) is 0. The van der Waals surface area contributed by atoms with Crippen molar-refractivity contribution in [3.63, 3.8) is 0 Å². The van der Waals surface area contributed by atoms with Crippen LogP contribution in [0.1, 0.15) is 38.5 Å². The van der Waals surface area contributed by atoms with Crippen LogP contribution < -0.4 is 5.73 Å². The number of ether oxygens (including phenoxy) is 3. The van der Waals surface area contributed by atoms with Gasteiger partial charge in [0.1, 0.15) is 6.10 Å². The van der Waals surface area contributed by atoms with Crippen LogP contribution >= 0.6 is 0 Å². The van der Waals surface area contributed by atoms with Gasteiger partial charge in [-0.1, -0.05) is 0 Å². The number of methoxy groups -OCH3 is 1. The van der Waals surface area contributed by atoms with Crippen molar-refractivity contribution in [2.75, 3.05) is 26.9 Å². The fraction of sp³-hybridized carbons (Fsp3) is 0.929. The van der Waals surface area contributed by atoms with Crippen LogP contribution in [-0.4, -0.2) is 45.0 Å². The Kier molecular flexibility index (Phi) is 5.19. The minimum absolute atomic E-state index is 0.0162. The number of rotatable bonds is 4. The fourth-order valence-corrected chi connectivity index (χ4v) is 2.95. The zero-order valence-electron chi connectivity index (χ0n) is 11.7. The van der Waals surface area contributed by atoms with Gasteiger partial charge in [0.2, 0.25) is 0 Å². The summed E-state index contributed by atoms with van der Waals surface area (Å²) in [6.45, 7) is 1.53. The van der Waals surface area contributed by atoms with Crippen LogP contribution in [0.15, 0.2) is 0 Å². The van der Waals surface area contributed by atoms with Gasteiger partial charge in [0, 0.05) is 33.3 Å². The zero-order valence-corrected chi connectivity index (χ0v) is 11.7. The number of carbonyl (C=O) groups excluding carboxylic acids is 1. The second kappa shape index (κ2) is 6.68. The summed E-state index contributed by atoms with van der Waals surface area (Å²) in [7, 11) is 1.72. The van der Waals surface area contributed by atoms with Crippen LogP contribution in [0.4, 0.5) is 0 Å². The molecule has 0 bridgehead atoms.